The van der Waals surface area contributed by atoms with Crippen molar-refractivity contribution in [3.63, 3.8) is 0 Å². The minimum absolute atomic E-state index is 0.473. The van der Waals surface area contributed by atoms with Crippen LogP contribution < -0.4 is 10.1 Å². The summed E-state index contributed by atoms with van der Waals surface area (Å²) in [7, 11) is 0. The minimum atomic E-state index is 0.473. The average Bonchev–Trinajstić information content (AvgIpc) is 2.44. The number of ether oxygens (including phenoxy) is 1. The van der Waals surface area contributed by atoms with E-state index >= 15 is 0 Å². The van der Waals surface area contributed by atoms with Crippen LogP contribution in [0.25, 0.3) is 0 Å². The highest BCUT2D eigenvalue weighted by atomic mass is 35.5. The molecule has 4 heteroatoms. The first-order valence-corrected chi connectivity index (χ1v) is 6.35. The summed E-state index contributed by atoms with van der Waals surface area (Å²) >= 11 is 5.84. The van der Waals surface area contributed by atoms with Crippen molar-refractivity contribution in [3.8, 4) is 5.75 Å². The van der Waals surface area contributed by atoms with E-state index in [0.717, 1.165) is 17.1 Å². The number of rotatable bonds is 6. The van der Waals surface area contributed by atoms with Crippen molar-refractivity contribution in [1.82, 2.24) is 4.98 Å². The molecule has 0 radical (unpaired) electrons. The SMILES string of the molecule is C=CCOc1ccccc1CNc1cccc(Cl)n1. The number of nitrogens with one attached hydrogen (secondary N) is 1. The highest BCUT2D eigenvalue weighted by Crippen LogP contribution is 2.19. The van der Waals surface area contributed by atoms with Crippen molar-refractivity contribution < 1.29 is 4.74 Å². The predicted octanol–water partition coefficient (Wildman–Crippen LogP) is 3.91. The third-order valence-corrected chi connectivity index (χ3v) is 2.71. The normalized spacial score (nSPS) is 9.95. The number of anilines is 1. The molecule has 0 aliphatic heterocycles. The van der Waals surface area contributed by atoms with E-state index in [4.69, 9.17) is 16.3 Å². The monoisotopic (exact) mass is 274 g/mol. The quantitative estimate of drug-likeness (QED) is 0.640. The third kappa shape index (κ3) is 4.00. The zero-order valence-electron chi connectivity index (χ0n) is 10.5. The molecule has 98 valence electrons. The number of hydrogen-bond acceptors (Lipinski definition) is 3. The first-order chi connectivity index (χ1) is 9.29. The van der Waals surface area contributed by atoms with Crippen LogP contribution in [0.15, 0.2) is 55.1 Å². The Bertz CT molecular complexity index is 557. The Morgan fingerprint density at radius 3 is 2.84 bits per heavy atom. The molecule has 0 aliphatic carbocycles. The minimum Gasteiger partial charge on any atom is -0.489 e. The van der Waals surface area contributed by atoms with Gasteiger partial charge in [-0.2, -0.15) is 0 Å². The number of halogens is 1. The molecule has 0 amide bonds. The molecule has 0 fully saturated rings. The van der Waals surface area contributed by atoms with Crippen LogP contribution in [0, 0.1) is 0 Å². The van der Waals surface area contributed by atoms with E-state index in [1.165, 1.54) is 0 Å². The van der Waals surface area contributed by atoms with Crippen molar-refractivity contribution in [2.24, 2.45) is 0 Å². The zero-order chi connectivity index (χ0) is 13.5. The second kappa shape index (κ2) is 6.81. The fourth-order valence-electron chi connectivity index (χ4n) is 1.63. The second-order valence-electron chi connectivity index (χ2n) is 3.91. The van der Waals surface area contributed by atoms with Crippen molar-refractivity contribution >= 4 is 17.4 Å². The van der Waals surface area contributed by atoms with Gasteiger partial charge in [-0.05, 0) is 18.2 Å². The number of aromatic nitrogens is 1. The molecule has 0 atom stereocenters. The molecule has 1 N–H and O–H groups in total. The maximum atomic E-state index is 5.84. The Balaban J connectivity index is 2.04. The Morgan fingerprint density at radius 1 is 1.21 bits per heavy atom. The van der Waals surface area contributed by atoms with Crippen LogP contribution >= 0.6 is 11.6 Å². The van der Waals surface area contributed by atoms with Crippen molar-refractivity contribution in [2.75, 3.05) is 11.9 Å². The summed E-state index contributed by atoms with van der Waals surface area (Å²) in [6.45, 7) is 4.76. The Morgan fingerprint density at radius 2 is 2.05 bits per heavy atom. The van der Waals surface area contributed by atoms with Gasteiger partial charge in [0.15, 0.2) is 0 Å². The van der Waals surface area contributed by atoms with Gasteiger partial charge < -0.3 is 10.1 Å². The molecule has 1 heterocycles. The topological polar surface area (TPSA) is 34.1 Å². The van der Waals surface area contributed by atoms with Gasteiger partial charge in [0.1, 0.15) is 23.3 Å². The Kier molecular flexibility index (Phi) is 4.81. The maximum Gasteiger partial charge on any atom is 0.131 e. The van der Waals surface area contributed by atoms with Crippen molar-refractivity contribution in [2.45, 2.75) is 6.54 Å². The fraction of sp³-hybridized carbons (Fsp3) is 0.133. The molecule has 0 aliphatic rings. The Hall–Kier alpha value is -2.00. The molecule has 0 saturated heterocycles. The van der Waals surface area contributed by atoms with Crippen LogP contribution in [-0.2, 0) is 6.54 Å². The lowest BCUT2D eigenvalue weighted by molar-refractivity contribution is 0.359. The molecule has 1 aromatic carbocycles. The summed E-state index contributed by atoms with van der Waals surface area (Å²) in [6, 6.07) is 13.3. The van der Waals surface area contributed by atoms with Gasteiger partial charge in [-0.25, -0.2) is 4.98 Å². The fourth-order valence-corrected chi connectivity index (χ4v) is 1.80. The molecule has 2 aromatic rings. The molecular formula is C15H15ClN2O. The van der Waals surface area contributed by atoms with Gasteiger partial charge in [0.05, 0.1) is 0 Å². The summed E-state index contributed by atoms with van der Waals surface area (Å²) in [4.78, 5) is 4.18. The van der Waals surface area contributed by atoms with E-state index in [0.29, 0.717) is 18.3 Å². The summed E-state index contributed by atoms with van der Waals surface area (Å²) in [5, 5.41) is 3.69. The number of pyridine rings is 1. The Labute approximate surface area is 117 Å². The van der Waals surface area contributed by atoms with Gasteiger partial charge in [0.2, 0.25) is 0 Å². The zero-order valence-corrected chi connectivity index (χ0v) is 11.2. The van der Waals surface area contributed by atoms with Gasteiger partial charge in [-0.1, -0.05) is 48.5 Å². The summed E-state index contributed by atoms with van der Waals surface area (Å²) in [5.74, 6) is 1.59. The highest BCUT2D eigenvalue weighted by molar-refractivity contribution is 6.29. The number of para-hydroxylation sites is 1. The average molecular weight is 275 g/mol. The van der Waals surface area contributed by atoms with Gasteiger partial charge in [0.25, 0.3) is 0 Å². The van der Waals surface area contributed by atoms with Gasteiger partial charge in [-0.15, -0.1) is 0 Å². The molecule has 0 spiro atoms. The lowest BCUT2D eigenvalue weighted by Crippen LogP contribution is -2.04. The smallest absolute Gasteiger partial charge is 0.131 e. The molecule has 0 saturated carbocycles. The van der Waals surface area contributed by atoms with E-state index < -0.39 is 0 Å². The molecule has 2 rings (SSSR count). The van der Waals surface area contributed by atoms with E-state index in [9.17, 15) is 0 Å². The van der Waals surface area contributed by atoms with Crippen molar-refractivity contribution in [1.29, 1.82) is 0 Å². The number of benzene rings is 1. The summed E-state index contributed by atoms with van der Waals surface area (Å²) < 4.78 is 5.59. The van der Waals surface area contributed by atoms with Gasteiger partial charge in [0, 0.05) is 12.1 Å². The molecule has 1 aromatic heterocycles. The molecule has 0 bridgehead atoms. The second-order valence-corrected chi connectivity index (χ2v) is 4.29. The predicted molar refractivity (Wildman–Crippen MR) is 78.7 cm³/mol. The number of hydrogen-bond donors (Lipinski definition) is 1. The third-order valence-electron chi connectivity index (χ3n) is 2.50. The van der Waals surface area contributed by atoms with E-state index in [1.54, 1.807) is 12.1 Å². The van der Waals surface area contributed by atoms with Crippen LogP contribution in [0.2, 0.25) is 5.15 Å². The largest absolute Gasteiger partial charge is 0.489 e. The molecule has 0 unspecified atom stereocenters. The molecular weight excluding hydrogens is 260 g/mol. The highest BCUT2D eigenvalue weighted by Gasteiger charge is 2.03. The first-order valence-electron chi connectivity index (χ1n) is 5.97. The summed E-state index contributed by atoms with van der Waals surface area (Å²) in [5.41, 5.74) is 1.06. The van der Waals surface area contributed by atoms with E-state index in [1.807, 2.05) is 36.4 Å². The molecule has 19 heavy (non-hydrogen) atoms. The van der Waals surface area contributed by atoms with Crippen LogP contribution in [0.4, 0.5) is 5.82 Å². The van der Waals surface area contributed by atoms with Crippen LogP contribution in [0.3, 0.4) is 0 Å². The maximum absolute atomic E-state index is 5.84. The lowest BCUT2D eigenvalue weighted by atomic mass is 10.2. The van der Waals surface area contributed by atoms with Crippen LogP contribution in [0.1, 0.15) is 5.56 Å². The first kappa shape index (κ1) is 13.4. The van der Waals surface area contributed by atoms with Gasteiger partial charge in [-0.3, -0.25) is 0 Å². The lowest BCUT2D eigenvalue weighted by Gasteiger charge is -2.11. The van der Waals surface area contributed by atoms with Gasteiger partial charge >= 0.3 is 0 Å². The van der Waals surface area contributed by atoms with Crippen LogP contribution in [-0.4, -0.2) is 11.6 Å². The van der Waals surface area contributed by atoms with Crippen LogP contribution in [0.5, 0.6) is 5.75 Å². The van der Waals surface area contributed by atoms with E-state index in [2.05, 4.69) is 16.9 Å². The standard InChI is InChI=1S/C15H15ClN2O/c1-2-10-19-13-7-4-3-6-12(13)11-17-15-9-5-8-14(16)18-15/h2-9H,1,10-11H2,(H,17,18). The molecule has 3 nitrogen and oxygen atoms in total. The van der Waals surface area contributed by atoms with E-state index in [-0.39, 0.29) is 0 Å². The summed E-state index contributed by atoms with van der Waals surface area (Å²) in [6.07, 6.45) is 1.72. The number of nitrogens with zero attached hydrogens (tertiary/aromatic N) is 1. The van der Waals surface area contributed by atoms with Crippen molar-refractivity contribution in [3.05, 3.63) is 65.8 Å².